The molecule has 0 bridgehead atoms. The van der Waals surface area contributed by atoms with Crippen molar-refractivity contribution in [3.05, 3.63) is 47.9 Å². The van der Waals surface area contributed by atoms with E-state index >= 15 is 0 Å². The Morgan fingerprint density at radius 2 is 2.26 bits per heavy atom. The van der Waals surface area contributed by atoms with Crippen LogP contribution in [0.2, 0.25) is 0 Å². The molecular formula is C14H13NO4. The summed E-state index contributed by atoms with van der Waals surface area (Å²) in [5, 5.41) is 13.4. The average Bonchev–Trinajstić information content (AvgIpc) is 2.91. The molecule has 2 aromatic rings. The van der Waals surface area contributed by atoms with Crippen LogP contribution in [0.3, 0.4) is 0 Å². The summed E-state index contributed by atoms with van der Waals surface area (Å²) in [7, 11) is 0. The zero-order valence-electron chi connectivity index (χ0n) is 10.2. The van der Waals surface area contributed by atoms with E-state index < -0.39 is 11.4 Å². The quantitative estimate of drug-likeness (QED) is 0.912. The highest BCUT2D eigenvalue weighted by Crippen LogP contribution is 2.41. The SMILES string of the molecule is O=C(O)C1(Cc2cnoc2)CCOc2ccccc21. The third kappa shape index (κ3) is 1.87. The molecule has 3 rings (SSSR count). The fraction of sp³-hybridized carbons (Fsp3) is 0.286. The number of benzene rings is 1. The number of ether oxygens (including phenoxy) is 1. The summed E-state index contributed by atoms with van der Waals surface area (Å²) in [6, 6.07) is 7.30. The van der Waals surface area contributed by atoms with E-state index in [9.17, 15) is 9.90 Å². The number of rotatable bonds is 3. The monoisotopic (exact) mass is 259 g/mol. The van der Waals surface area contributed by atoms with Gasteiger partial charge < -0.3 is 14.4 Å². The number of fused-ring (bicyclic) bond motifs is 1. The summed E-state index contributed by atoms with van der Waals surface area (Å²) in [4.78, 5) is 11.9. The minimum absolute atomic E-state index is 0.353. The Balaban J connectivity index is 2.09. The Bertz CT molecular complexity index is 593. The number of carboxylic acids is 1. The molecule has 19 heavy (non-hydrogen) atoms. The summed E-state index contributed by atoms with van der Waals surface area (Å²) < 4.78 is 10.3. The standard InChI is InChI=1S/C14H13NO4/c16-13(17)14(7-10-8-15-19-9-10)5-6-18-12-4-2-1-3-11(12)14/h1-4,8-9H,5-7H2,(H,16,17). The molecule has 0 aliphatic carbocycles. The number of nitrogens with zero attached hydrogens (tertiary/aromatic N) is 1. The normalized spacial score (nSPS) is 21.5. The van der Waals surface area contributed by atoms with Crippen LogP contribution in [0.25, 0.3) is 0 Å². The molecule has 1 aromatic heterocycles. The third-order valence-corrected chi connectivity index (χ3v) is 3.59. The van der Waals surface area contributed by atoms with Crippen LogP contribution in [-0.2, 0) is 16.6 Å². The molecule has 0 fully saturated rings. The summed E-state index contributed by atoms with van der Waals surface area (Å²) in [5.41, 5.74) is 0.523. The van der Waals surface area contributed by atoms with Gasteiger partial charge in [-0.05, 0) is 12.5 Å². The van der Waals surface area contributed by atoms with Crippen molar-refractivity contribution in [2.24, 2.45) is 0 Å². The van der Waals surface area contributed by atoms with Gasteiger partial charge in [0, 0.05) is 17.5 Å². The lowest BCUT2D eigenvalue weighted by Crippen LogP contribution is -2.42. The number of hydrogen-bond donors (Lipinski definition) is 1. The Morgan fingerprint density at radius 1 is 1.42 bits per heavy atom. The van der Waals surface area contributed by atoms with Crippen LogP contribution in [-0.4, -0.2) is 22.8 Å². The van der Waals surface area contributed by atoms with E-state index in [-0.39, 0.29) is 0 Å². The van der Waals surface area contributed by atoms with Gasteiger partial charge in [0.1, 0.15) is 17.4 Å². The van der Waals surface area contributed by atoms with Gasteiger partial charge >= 0.3 is 5.97 Å². The predicted molar refractivity (Wildman–Crippen MR) is 66.1 cm³/mol. The summed E-state index contributed by atoms with van der Waals surface area (Å²) in [6.07, 6.45) is 3.84. The second kappa shape index (κ2) is 4.42. The zero-order valence-corrected chi connectivity index (χ0v) is 10.2. The van der Waals surface area contributed by atoms with Crippen LogP contribution in [0.15, 0.2) is 41.2 Å². The van der Waals surface area contributed by atoms with Gasteiger partial charge in [-0.1, -0.05) is 23.4 Å². The highest BCUT2D eigenvalue weighted by Gasteiger charge is 2.45. The summed E-state index contributed by atoms with van der Waals surface area (Å²) in [6.45, 7) is 0.397. The van der Waals surface area contributed by atoms with Crippen molar-refractivity contribution >= 4 is 5.97 Å². The van der Waals surface area contributed by atoms with Gasteiger partial charge in [0.25, 0.3) is 0 Å². The Kier molecular flexibility index (Phi) is 2.74. The highest BCUT2D eigenvalue weighted by atomic mass is 16.5. The van der Waals surface area contributed by atoms with Crippen LogP contribution in [0.4, 0.5) is 0 Å². The molecule has 2 heterocycles. The van der Waals surface area contributed by atoms with E-state index in [1.165, 1.54) is 6.26 Å². The molecule has 1 aliphatic rings. The van der Waals surface area contributed by atoms with Gasteiger partial charge in [0.2, 0.25) is 0 Å². The number of carbonyl (C=O) groups is 1. The molecule has 0 amide bonds. The number of carboxylic acid groups (broad SMARTS) is 1. The number of para-hydroxylation sites is 1. The molecule has 0 spiro atoms. The fourth-order valence-electron chi connectivity index (χ4n) is 2.60. The molecule has 0 saturated heterocycles. The Labute approximate surface area is 109 Å². The van der Waals surface area contributed by atoms with Gasteiger partial charge in [-0.25, -0.2) is 0 Å². The molecule has 1 atom stereocenters. The largest absolute Gasteiger partial charge is 0.493 e. The first-order valence-corrected chi connectivity index (χ1v) is 6.06. The van der Waals surface area contributed by atoms with E-state index in [0.29, 0.717) is 25.2 Å². The molecule has 98 valence electrons. The maximum absolute atomic E-state index is 11.9. The first-order valence-electron chi connectivity index (χ1n) is 6.06. The summed E-state index contributed by atoms with van der Waals surface area (Å²) >= 11 is 0. The molecule has 0 saturated carbocycles. The number of hydrogen-bond acceptors (Lipinski definition) is 4. The lowest BCUT2D eigenvalue weighted by Gasteiger charge is -2.34. The zero-order chi connectivity index (χ0) is 13.3. The predicted octanol–water partition coefficient (Wildman–Crippen LogP) is 2.02. The Morgan fingerprint density at radius 3 is 3.00 bits per heavy atom. The minimum Gasteiger partial charge on any atom is -0.493 e. The highest BCUT2D eigenvalue weighted by molar-refractivity contribution is 5.83. The van der Waals surface area contributed by atoms with Crippen LogP contribution in [0.1, 0.15) is 17.5 Å². The van der Waals surface area contributed by atoms with Crippen molar-refractivity contribution < 1.29 is 19.2 Å². The fourth-order valence-corrected chi connectivity index (χ4v) is 2.60. The van der Waals surface area contributed by atoms with Gasteiger partial charge in [-0.2, -0.15) is 0 Å². The first-order chi connectivity index (χ1) is 9.22. The van der Waals surface area contributed by atoms with Crippen molar-refractivity contribution in [1.82, 2.24) is 5.16 Å². The smallest absolute Gasteiger partial charge is 0.314 e. The Hall–Kier alpha value is -2.30. The van der Waals surface area contributed by atoms with Crippen LogP contribution in [0.5, 0.6) is 5.75 Å². The molecule has 1 N–H and O–H groups in total. The van der Waals surface area contributed by atoms with E-state index in [0.717, 1.165) is 11.1 Å². The molecule has 5 nitrogen and oxygen atoms in total. The molecule has 1 aliphatic heterocycles. The number of aliphatic carboxylic acids is 1. The molecule has 0 radical (unpaired) electrons. The van der Waals surface area contributed by atoms with E-state index in [4.69, 9.17) is 9.26 Å². The van der Waals surface area contributed by atoms with Crippen LogP contribution >= 0.6 is 0 Å². The molecule has 1 unspecified atom stereocenters. The second-order valence-corrected chi connectivity index (χ2v) is 4.69. The van der Waals surface area contributed by atoms with E-state index in [2.05, 4.69) is 5.16 Å². The van der Waals surface area contributed by atoms with Crippen molar-refractivity contribution in [2.45, 2.75) is 18.3 Å². The molecular weight excluding hydrogens is 246 g/mol. The van der Waals surface area contributed by atoms with Crippen LogP contribution in [0, 0.1) is 0 Å². The molecule has 1 aromatic carbocycles. The van der Waals surface area contributed by atoms with E-state index in [1.807, 2.05) is 18.2 Å². The van der Waals surface area contributed by atoms with Crippen molar-refractivity contribution in [3.63, 3.8) is 0 Å². The lowest BCUT2D eigenvalue weighted by molar-refractivity contribution is -0.145. The van der Waals surface area contributed by atoms with Gasteiger partial charge in [-0.15, -0.1) is 0 Å². The second-order valence-electron chi connectivity index (χ2n) is 4.69. The maximum Gasteiger partial charge on any atom is 0.314 e. The van der Waals surface area contributed by atoms with Gasteiger partial charge in [-0.3, -0.25) is 4.79 Å². The van der Waals surface area contributed by atoms with Crippen molar-refractivity contribution in [2.75, 3.05) is 6.61 Å². The first kappa shape index (κ1) is 11.8. The minimum atomic E-state index is -0.972. The van der Waals surface area contributed by atoms with Crippen molar-refractivity contribution in [3.8, 4) is 5.75 Å². The van der Waals surface area contributed by atoms with Crippen molar-refractivity contribution in [1.29, 1.82) is 0 Å². The van der Waals surface area contributed by atoms with Crippen LogP contribution < -0.4 is 4.74 Å². The average molecular weight is 259 g/mol. The lowest BCUT2D eigenvalue weighted by atomic mass is 9.72. The maximum atomic E-state index is 11.9. The van der Waals surface area contributed by atoms with Gasteiger partial charge in [0.15, 0.2) is 0 Å². The van der Waals surface area contributed by atoms with Gasteiger partial charge in [0.05, 0.1) is 12.8 Å². The number of aromatic nitrogens is 1. The molecule has 5 heteroatoms. The topological polar surface area (TPSA) is 72.6 Å². The summed E-state index contributed by atoms with van der Waals surface area (Å²) in [5.74, 6) is -0.197. The third-order valence-electron chi connectivity index (χ3n) is 3.59. The van der Waals surface area contributed by atoms with E-state index in [1.54, 1.807) is 12.3 Å².